The first-order valence-electron chi connectivity index (χ1n) is 7.34. The van der Waals surface area contributed by atoms with Crippen molar-refractivity contribution in [3.8, 4) is 5.75 Å². The summed E-state index contributed by atoms with van der Waals surface area (Å²) in [6.07, 6.45) is 2.52. The lowest BCUT2D eigenvalue weighted by Crippen LogP contribution is -2.14. The summed E-state index contributed by atoms with van der Waals surface area (Å²) in [5, 5.41) is 11.3. The number of carbonyl (C=O) groups is 1. The fraction of sp³-hybridized carbons (Fsp3) is 0.176. The van der Waals surface area contributed by atoms with Crippen LogP contribution in [0, 0.1) is 0 Å². The maximum Gasteiger partial charge on any atom is 0.259 e. The Morgan fingerprint density at radius 1 is 1.43 bits per heavy atom. The zero-order valence-electron chi connectivity index (χ0n) is 12.4. The number of carbonyl (C=O) groups excluding carboxylic acids is 1. The van der Waals surface area contributed by atoms with E-state index in [0.29, 0.717) is 22.0 Å². The SMILES string of the molecule is CC1Cc2cc(Cl)cc(C(=O)Nc3cccc4cn[nH]c34)c2O1. The smallest absolute Gasteiger partial charge is 0.259 e. The lowest BCUT2D eigenvalue weighted by atomic mass is 10.1. The molecule has 0 radical (unpaired) electrons. The standard InChI is InChI=1S/C17H14ClN3O2/c1-9-5-11-6-12(18)7-13(16(11)23-9)17(22)20-14-4-2-3-10-8-19-21-15(10)14/h2-4,6-9H,5H2,1H3,(H,19,21)(H,20,22). The molecule has 1 aliphatic rings. The largest absolute Gasteiger partial charge is 0.489 e. The fourth-order valence-corrected chi connectivity index (χ4v) is 3.17. The van der Waals surface area contributed by atoms with Gasteiger partial charge in [0.25, 0.3) is 5.91 Å². The average Bonchev–Trinajstić information content (AvgIpc) is 3.12. The van der Waals surface area contributed by atoms with Gasteiger partial charge in [0.2, 0.25) is 0 Å². The van der Waals surface area contributed by atoms with E-state index in [9.17, 15) is 4.79 Å². The zero-order chi connectivity index (χ0) is 16.0. The summed E-state index contributed by atoms with van der Waals surface area (Å²) >= 11 is 6.15. The Hall–Kier alpha value is -2.53. The molecule has 0 spiro atoms. The van der Waals surface area contributed by atoms with E-state index in [1.807, 2.05) is 31.2 Å². The Kier molecular flexibility index (Phi) is 3.23. The van der Waals surface area contributed by atoms with E-state index < -0.39 is 0 Å². The Labute approximate surface area is 137 Å². The van der Waals surface area contributed by atoms with Gasteiger partial charge in [-0.1, -0.05) is 23.7 Å². The second-order valence-corrected chi connectivity index (χ2v) is 6.10. The van der Waals surface area contributed by atoms with Gasteiger partial charge >= 0.3 is 0 Å². The summed E-state index contributed by atoms with van der Waals surface area (Å²) in [7, 11) is 0. The summed E-state index contributed by atoms with van der Waals surface area (Å²) in [6.45, 7) is 1.97. The molecule has 0 saturated heterocycles. The van der Waals surface area contributed by atoms with E-state index >= 15 is 0 Å². The molecule has 1 atom stereocenters. The molecule has 6 heteroatoms. The summed E-state index contributed by atoms with van der Waals surface area (Å²) in [5.41, 5.74) is 2.88. The summed E-state index contributed by atoms with van der Waals surface area (Å²) < 4.78 is 5.78. The molecule has 3 aromatic rings. The summed E-state index contributed by atoms with van der Waals surface area (Å²) in [6, 6.07) is 9.12. The van der Waals surface area contributed by atoms with E-state index in [-0.39, 0.29) is 12.0 Å². The Balaban J connectivity index is 1.72. The first-order valence-corrected chi connectivity index (χ1v) is 7.72. The molecule has 1 aliphatic heterocycles. The van der Waals surface area contributed by atoms with Gasteiger partial charge in [0.15, 0.2) is 0 Å². The summed E-state index contributed by atoms with van der Waals surface area (Å²) in [5.74, 6) is 0.371. The van der Waals surface area contributed by atoms with E-state index in [2.05, 4.69) is 15.5 Å². The molecule has 0 bridgehead atoms. The number of ether oxygens (including phenoxy) is 1. The van der Waals surface area contributed by atoms with Gasteiger partial charge in [-0.25, -0.2) is 0 Å². The topological polar surface area (TPSA) is 67.0 Å². The quantitative estimate of drug-likeness (QED) is 0.752. The van der Waals surface area contributed by atoms with E-state index in [4.69, 9.17) is 16.3 Å². The molecule has 5 nitrogen and oxygen atoms in total. The zero-order valence-corrected chi connectivity index (χ0v) is 13.1. The van der Waals surface area contributed by atoms with Crippen LogP contribution in [0.25, 0.3) is 10.9 Å². The first-order chi connectivity index (χ1) is 11.1. The first kappa shape index (κ1) is 14.1. The molecule has 1 unspecified atom stereocenters. The van der Waals surface area contributed by atoms with Crippen LogP contribution in [0.4, 0.5) is 5.69 Å². The van der Waals surface area contributed by atoms with Crippen molar-refractivity contribution < 1.29 is 9.53 Å². The fourth-order valence-electron chi connectivity index (χ4n) is 2.92. The number of aromatic nitrogens is 2. The van der Waals surface area contributed by atoms with Crippen molar-refractivity contribution in [2.45, 2.75) is 19.4 Å². The third-order valence-electron chi connectivity index (χ3n) is 3.93. The van der Waals surface area contributed by atoms with Crippen LogP contribution < -0.4 is 10.1 Å². The van der Waals surface area contributed by atoms with Crippen LogP contribution in [0.3, 0.4) is 0 Å². The van der Waals surface area contributed by atoms with Gasteiger partial charge in [0, 0.05) is 22.4 Å². The number of H-pyrrole nitrogens is 1. The van der Waals surface area contributed by atoms with Crippen molar-refractivity contribution in [3.63, 3.8) is 0 Å². The molecule has 0 saturated carbocycles. The maximum absolute atomic E-state index is 12.7. The van der Waals surface area contributed by atoms with Crippen LogP contribution >= 0.6 is 11.6 Å². The number of hydrogen-bond donors (Lipinski definition) is 2. The monoisotopic (exact) mass is 327 g/mol. The molecule has 0 aliphatic carbocycles. The number of nitrogens with one attached hydrogen (secondary N) is 2. The molecule has 1 aromatic heterocycles. The average molecular weight is 328 g/mol. The van der Waals surface area contributed by atoms with E-state index in [1.54, 1.807) is 12.3 Å². The molecular formula is C17H14ClN3O2. The van der Waals surface area contributed by atoms with Crippen molar-refractivity contribution >= 4 is 34.1 Å². The van der Waals surface area contributed by atoms with Crippen LogP contribution in [0.5, 0.6) is 5.75 Å². The van der Waals surface area contributed by atoms with Crippen LogP contribution in [0.15, 0.2) is 36.5 Å². The van der Waals surface area contributed by atoms with E-state index in [0.717, 1.165) is 22.9 Å². The molecule has 116 valence electrons. The van der Waals surface area contributed by atoms with E-state index in [1.165, 1.54) is 0 Å². The van der Waals surface area contributed by atoms with Crippen molar-refractivity contribution in [3.05, 3.63) is 52.7 Å². The molecule has 1 amide bonds. The number of rotatable bonds is 2. The van der Waals surface area contributed by atoms with Gasteiger partial charge in [-0.15, -0.1) is 0 Å². The van der Waals surface area contributed by atoms with Gasteiger partial charge in [-0.2, -0.15) is 5.10 Å². The lowest BCUT2D eigenvalue weighted by molar-refractivity contribution is 0.102. The van der Waals surface area contributed by atoms with Gasteiger partial charge in [0.05, 0.1) is 23.0 Å². The molecule has 2 aromatic carbocycles. The Morgan fingerprint density at radius 2 is 2.30 bits per heavy atom. The van der Waals surface area contributed by atoms with Crippen molar-refractivity contribution in [1.82, 2.24) is 10.2 Å². The number of anilines is 1. The number of amides is 1. The second kappa shape index (κ2) is 5.28. The number of hydrogen-bond acceptors (Lipinski definition) is 3. The van der Waals surface area contributed by atoms with Gasteiger partial charge < -0.3 is 10.1 Å². The van der Waals surface area contributed by atoms with Gasteiger partial charge in [-0.05, 0) is 25.1 Å². The molecular weight excluding hydrogens is 314 g/mol. The third kappa shape index (κ3) is 2.43. The van der Waals surface area contributed by atoms with Crippen molar-refractivity contribution in [2.24, 2.45) is 0 Å². The third-order valence-corrected chi connectivity index (χ3v) is 4.14. The van der Waals surface area contributed by atoms with Gasteiger partial charge in [-0.3, -0.25) is 9.89 Å². The lowest BCUT2D eigenvalue weighted by Gasteiger charge is -2.11. The molecule has 23 heavy (non-hydrogen) atoms. The minimum absolute atomic E-state index is 0.0473. The van der Waals surface area contributed by atoms with Crippen LogP contribution in [0.2, 0.25) is 5.02 Å². The highest BCUT2D eigenvalue weighted by atomic mass is 35.5. The number of para-hydroxylation sites is 1. The second-order valence-electron chi connectivity index (χ2n) is 5.67. The van der Waals surface area contributed by atoms with Crippen LogP contribution in [-0.4, -0.2) is 22.2 Å². The van der Waals surface area contributed by atoms with Gasteiger partial charge in [0.1, 0.15) is 11.9 Å². The molecule has 0 fully saturated rings. The Bertz CT molecular complexity index is 919. The molecule has 2 heterocycles. The highest BCUT2D eigenvalue weighted by molar-refractivity contribution is 6.31. The molecule has 4 rings (SSSR count). The van der Waals surface area contributed by atoms with Crippen molar-refractivity contribution in [1.29, 1.82) is 0 Å². The molecule has 2 N–H and O–H groups in total. The Morgan fingerprint density at radius 3 is 3.17 bits per heavy atom. The number of nitrogens with zero attached hydrogens (tertiary/aromatic N) is 1. The number of halogens is 1. The maximum atomic E-state index is 12.7. The normalized spacial score (nSPS) is 16.2. The predicted octanol–water partition coefficient (Wildman–Crippen LogP) is 3.79. The predicted molar refractivity (Wildman–Crippen MR) is 89.3 cm³/mol. The summed E-state index contributed by atoms with van der Waals surface area (Å²) in [4.78, 5) is 12.7. The number of fused-ring (bicyclic) bond motifs is 2. The van der Waals surface area contributed by atoms with Crippen LogP contribution in [-0.2, 0) is 6.42 Å². The van der Waals surface area contributed by atoms with Crippen LogP contribution in [0.1, 0.15) is 22.8 Å². The number of benzene rings is 2. The highest BCUT2D eigenvalue weighted by Crippen LogP contribution is 2.36. The minimum atomic E-state index is -0.250. The van der Waals surface area contributed by atoms with Crippen molar-refractivity contribution in [2.75, 3.05) is 5.32 Å². The highest BCUT2D eigenvalue weighted by Gasteiger charge is 2.26. The minimum Gasteiger partial charge on any atom is -0.489 e. The number of aromatic amines is 1.